The van der Waals surface area contributed by atoms with E-state index >= 15 is 0 Å². The van der Waals surface area contributed by atoms with Crippen LogP contribution < -0.4 is 5.32 Å². The molecule has 1 heterocycles. The van der Waals surface area contributed by atoms with Crippen LogP contribution in [0.2, 0.25) is 0 Å². The lowest BCUT2D eigenvalue weighted by Crippen LogP contribution is -2.57. The number of carbonyl (C=O) groups excluding carboxylic acids is 2. The van der Waals surface area contributed by atoms with E-state index in [1.54, 1.807) is 17.0 Å². The first-order valence-electron chi connectivity index (χ1n) is 10.5. The molecule has 3 rings (SSSR count). The van der Waals surface area contributed by atoms with Gasteiger partial charge >= 0.3 is 0 Å². The molecule has 1 saturated heterocycles. The lowest BCUT2D eigenvalue weighted by atomic mass is 10.0. The van der Waals surface area contributed by atoms with Gasteiger partial charge in [-0.1, -0.05) is 44.2 Å². The summed E-state index contributed by atoms with van der Waals surface area (Å²) in [4.78, 5) is 27.1. The summed E-state index contributed by atoms with van der Waals surface area (Å²) in [5, 5.41) is 2.83. The van der Waals surface area contributed by atoms with Crippen molar-refractivity contribution in [3.63, 3.8) is 0 Å². The summed E-state index contributed by atoms with van der Waals surface area (Å²) >= 11 is 0. The Hall–Kier alpha value is -2.78. The summed E-state index contributed by atoms with van der Waals surface area (Å²) < 4.78 is 40.8. The number of hydrogen-bond acceptors (Lipinski definition) is 4. The van der Waals surface area contributed by atoms with Gasteiger partial charge in [-0.15, -0.1) is 0 Å². The zero-order valence-electron chi connectivity index (χ0n) is 18.4. The highest BCUT2D eigenvalue weighted by atomic mass is 32.2. The third kappa shape index (κ3) is 4.99. The molecular weight excluding hydrogens is 433 g/mol. The van der Waals surface area contributed by atoms with E-state index in [0.717, 1.165) is 11.6 Å². The van der Waals surface area contributed by atoms with Crippen molar-refractivity contribution < 1.29 is 22.4 Å². The van der Waals surface area contributed by atoms with E-state index in [1.807, 2.05) is 32.9 Å². The third-order valence-corrected chi connectivity index (χ3v) is 7.55. The molecule has 32 heavy (non-hydrogen) atoms. The van der Waals surface area contributed by atoms with Crippen LogP contribution >= 0.6 is 0 Å². The molecule has 7 nitrogen and oxygen atoms in total. The van der Waals surface area contributed by atoms with Crippen LogP contribution in [0.15, 0.2) is 53.4 Å². The maximum Gasteiger partial charge on any atom is 0.252 e. The minimum Gasteiger partial charge on any atom is -0.340 e. The van der Waals surface area contributed by atoms with Crippen LogP contribution in [-0.2, 0) is 14.8 Å². The van der Waals surface area contributed by atoms with Gasteiger partial charge in [0, 0.05) is 31.7 Å². The van der Waals surface area contributed by atoms with Crippen molar-refractivity contribution >= 4 is 21.8 Å². The Labute approximate surface area is 188 Å². The molecule has 1 aliphatic heterocycles. The second-order valence-electron chi connectivity index (χ2n) is 8.17. The second kappa shape index (κ2) is 9.79. The Bertz CT molecular complexity index is 1100. The molecule has 0 saturated carbocycles. The predicted molar refractivity (Wildman–Crippen MR) is 119 cm³/mol. The third-order valence-electron chi connectivity index (χ3n) is 5.61. The van der Waals surface area contributed by atoms with Crippen molar-refractivity contribution in [2.75, 3.05) is 26.2 Å². The van der Waals surface area contributed by atoms with Gasteiger partial charge in [0.1, 0.15) is 16.8 Å². The van der Waals surface area contributed by atoms with E-state index in [-0.39, 0.29) is 48.8 Å². The van der Waals surface area contributed by atoms with Gasteiger partial charge in [-0.2, -0.15) is 4.31 Å². The SMILES string of the molecule is Cc1ccccc1C(=O)N[C@H](C(=O)N1CCN(S(=O)(=O)c2ccccc2F)CC1)C(C)C. The van der Waals surface area contributed by atoms with Crippen LogP contribution in [-0.4, -0.2) is 61.7 Å². The summed E-state index contributed by atoms with van der Waals surface area (Å²) in [7, 11) is -3.99. The molecule has 0 unspecified atom stereocenters. The van der Waals surface area contributed by atoms with E-state index < -0.39 is 21.9 Å². The van der Waals surface area contributed by atoms with Gasteiger partial charge in [-0.3, -0.25) is 9.59 Å². The highest BCUT2D eigenvalue weighted by Crippen LogP contribution is 2.21. The maximum absolute atomic E-state index is 14.0. The molecule has 2 aromatic carbocycles. The van der Waals surface area contributed by atoms with Gasteiger partial charge in [-0.25, -0.2) is 12.8 Å². The summed E-state index contributed by atoms with van der Waals surface area (Å²) in [6.45, 7) is 5.96. The van der Waals surface area contributed by atoms with Gasteiger partial charge in [0.2, 0.25) is 15.9 Å². The van der Waals surface area contributed by atoms with Crippen LogP contribution in [0, 0.1) is 18.7 Å². The summed E-state index contributed by atoms with van der Waals surface area (Å²) in [6.07, 6.45) is 0. The van der Waals surface area contributed by atoms with Gasteiger partial charge < -0.3 is 10.2 Å². The Kier molecular flexibility index (Phi) is 7.30. The Morgan fingerprint density at radius 2 is 1.56 bits per heavy atom. The van der Waals surface area contributed by atoms with Crippen LogP contribution in [0.25, 0.3) is 0 Å². The van der Waals surface area contributed by atoms with Gasteiger partial charge in [0.15, 0.2) is 0 Å². The lowest BCUT2D eigenvalue weighted by Gasteiger charge is -2.36. The Balaban J connectivity index is 1.68. The number of nitrogens with one attached hydrogen (secondary N) is 1. The smallest absolute Gasteiger partial charge is 0.252 e. The monoisotopic (exact) mass is 461 g/mol. The average molecular weight is 462 g/mol. The molecular formula is C23H28FN3O4S. The summed E-state index contributed by atoms with van der Waals surface area (Å²) in [5.41, 5.74) is 1.32. The zero-order chi connectivity index (χ0) is 23.5. The van der Waals surface area contributed by atoms with E-state index in [4.69, 9.17) is 0 Å². The number of nitrogens with zero attached hydrogens (tertiary/aromatic N) is 2. The van der Waals surface area contributed by atoms with Crippen molar-refractivity contribution in [2.24, 2.45) is 5.92 Å². The molecule has 0 spiro atoms. The van der Waals surface area contributed by atoms with E-state index in [0.29, 0.717) is 5.56 Å². The van der Waals surface area contributed by atoms with Crippen molar-refractivity contribution in [2.45, 2.75) is 31.7 Å². The normalized spacial score (nSPS) is 16.1. The second-order valence-corrected chi connectivity index (χ2v) is 10.1. The first kappa shape index (κ1) is 23.9. The summed E-state index contributed by atoms with van der Waals surface area (Å²) in [6, 6.07) is 11.7. The molecule has 1 atom stereocenters. The molecule has 9 heteroatoms. The largest absolute Gasteiger partial charge is 0.340 e. The molecule has 0 radical (unpaired) electrons. The standard InChI is InChI=1S/C23H28FN3O4S/c1-16(2)21(25-22(28)18-9-5-4-8-17(18)3)23(29)26-12-14-27(15-13-26)32(30,31)20-11-7-6-10-19(20)24/h4-11,16,21H,12-15H2,1-3H3,(H,25,28)/t21-/m0/s1. The van der Waals surface area contributed by atoms with E-state index in [9.17, 15) is 22.4 Å². The van der Waals surface area contributed by atoms with Gasteiger partial charge in [0.25, 0.3) is 5.91 Å². The highest BCUT2D eigenvalue weighted by molar-refractivity contribution is 7.89. The fourth-order valence-electron chi connectivity index (χ4n) is 3.70. The van der Waals surface area contributed by atoms with Crippen LogP contribution in [0.3, 0.4) is 0 Å². The molecule has 1 fully saturated rings. The number of halogens is 1. The number of rotatable bonds is 6. The van der Waals surface area contributed by atoms with Gasteiger partial charge in [-0.05, 0) is 36.6 Å². The van der Waals surface area contributed by atoms with Crippen molar-refractivity contribution in [3.05, 3.63) is 65.5 Å². The topological polar surface area (TPSA) is 86.8 Å². The first-order valence-corrected chi connectivity index (χ1v) is 12.0. The Morgan fingerprint density at radius 1 is 0.969 bits per heavy atom. The summed E-state index contributed by atoms with van der Waals surface area (Å²) in [5.74, 6) is -1.54. The molecule has 0 bridgehead atoms. The van der Waals surface area contributed by atoms with Gasteiger partial charge in [0.05, 0.1) is 0 Å². The fraction of sp³-hybridized carbons (Fsp3) is 0.391. The quantitative estimate of drug-likeness (QED) is 0.716. The van der Waals surface area contributed by atoms with Crippen molar-refractivity contribution in [3.8, 4) is 0 Å². The molecule has 2 amide bonds. The van der Waals surface area contributed by atoms with E-state index in [2.05, 4.69) is 5.32 Å². The van der Waals surface area contributed by atoms with Crippen LogP contribution in [0.5, 0.6) is 0 Å². The molecule has 172 valence electrons. The molecule has 0 aromatic heterocycles. The van der Waals surface area contributed by atoms with Crippen LogP contribution in [0.4, 0.5) is 4.39 Å². The van der Waals surface area contributed by atoms with Crippen molar-refractivity contribution in [1.29, 1.82) is 0 Å². The predicted octanol–water partition coefficient (Wildman–Crippen LogP) is 2.42. The number of amides is 2. The number of hydrogen-bond donors (Lipinski definition) is 1. The van der Waals surface area contributed by atoms with E-state index in [1.165, 1.54) is 22.5 Å². The number of carbonyl (C=O) groups is 2. The minimum atomic E-state index is -3.99. The zero-order valence-corrected chi connectivity index (χ0v) is 19.2. The lowest BCUT2D eigenvalue weighted by molar-refractivity contribution is -0.135. The fourth-order valence-corrected chi connectivity index (χ4v) is 5.19. The Morgan fingerprint density at radius 3 is 2.16 bits per heavy atom. The first-order chi connectivity index (χ1) is 15.1. The molecule has 2 aromatic rings. The average Bonchev–Trinajstić information content (AvgIpc) is 2.77. The minimum absolute atomic E-state index is 0.0545. The molecule has 1 N–H and O–H groups in total. The number of sulfonamides is 1. The van der Waals surface area contributed by atoms with Crippen molar-refractivity contribution in [1.82, 2.24) is 14.5 Å². The number of benzene rings is 2. The van der Waals surface area contributed by atoms with Crippen LogP contribution in [0.1, 0.15) is 29.8 Å². The number of aryl methyl sites for hydroxylation is 1. The molecule has 1 aliphatic rings. The maximum atomic E-state index is 14.0. The molecule has 0 aliphatic carbocycles. The highest BCUT2D eigenvalue weighted by Gasteiger charge is 2.35. The number of piperazine rings is 1.